The van der Waals surface area contributed by atoms with Gasteiger partial charge in [-0.25, -0.2) is 14.6 Å². The van der Waals surface area contributed by atoms with Crippen molar-refractivity contribution < 1.29 is 19.4 Å². The number of aliphatic hydroxyl groups excluding tert-OH is 1. The van der Waals surface area contributed by atoms with Gasteiger partial charge in [0.25, 0.3) is 0 Å². The van der Waals surface area contributed by atoms with Crippen molar-refractivity contribution in [2.24, 2.45) is 10.7 Å². The van der Waals surface area contributed by atoms with Gasteiger partial charge in [0.1, 0.15) is 11.3 Å². The molecule has 0 aliphatic rings. The number of benzene rings is 1. The van der Waals surface area contributed by atoms with E-state index in [4.69, 9.17) is 10.5 Å². The predicted octanol–water partition coefficient (Wildman–Crippen LogP) is 1.67. The molecule has 6 nitrogen and oxygen atoms in total. The Kier molecular flexibility index (Phi) is 5.28. The van der Waals surface area contributed by atoms with Crippen LogP contribution >= 0.6 is 0 Å². The standard InChI is InChI=1S/C13H14N2O4/c1-2-19-12(17)10(8-15-13(14)18)11(16)9-6-4-3-5-7-9/h3-8,16H,2H2,1H3,(H2,14,18). The summed E-state index contributed by atoms with van der Waals surface area (Å²) in [5, 5.41) is 10.0. The maximum absolute atomic E-state index is 11.7. The molecule has 1 rings (SSSR count). The lowest BCUT2D eigenvalue weighted by atomic mass is 10.1. The van der Waals surface area contributed by atoms with Crippen LogP contribution in [0.25, 0.3) is 5.76 Å². The minimum atomic E-state index is -0.970. The fourth-order valence-corrected chi connectivity index (χ4v) is 1.30. The Morgan fingerprint density at radius 2 is 2.00 bits per heavy atom. The van der Waals surface area contributed by atoms with Gasteiger partial charge in [-0.2, -0.15) is 0 Å². The summed E-state index contributed by atoms with van der Waals surface area (Å²) in [6.45, 7) is 1.76. The number of aliphatic hydroxyl groups is 1. The zero-order valence-corrected chi connectivity index (χ0v) is 10.4. The molecule has 0 heterocycles. The molecular formula is C13H14N2O4. The highest BCUT2D eigenvalue weighted by atomic mass is 16.5. The number of primary amides is 1. The molecule has 0 fully saturated rings. The lowest BCUT2D eigenvalue weighted by Gasteiger charge is -2.06. The van der Waals surface area contributed by atoms with E-state index in [1.807, 2.05) is 0 Å². The number of nitrogens with two attached hydrogens (primary N) is 1. The molecular weight excluding hydrogens is 248 g/mol. The van der Waals surface area contributed by atoms with Crippen molar-refractivity contribution in [2.75, 3.05) is 6.61 Å². The Morgan fingerprint density at radius 1 is 1.37 bits per heavy atom. The molecule has 19 heavy (non-hydrogen) atoms. The molecule has 100 valence electrons. The van der Waals surface area contributed by atoms with Crippen molar-refractivity contribution in [3.63, 3.8) is 0 Å². The van der Waals surface area contributed by atoms with E-state index in [-0.39, 0.29) is 17.9 Å². The number of carbonyl (C=O) groups excluding carboxylic acids is 2. The second kappa shape index (κ2) is 6.95. The third-order valence-electron chi connectivity index (χ3n) is 2.12. The topological polar surface area (TPSA) is 102 Å². The SMILES string of the molecule is CCOC(=O)C(C=NC(N)=O)=C(O)c1ccccc1. The largest absolute Gasteiger partial charge is 0.506 e. The minimum absolute atomic E-state index is 0.134. The minimum Gasteiger partial charge on any atom is -0.506 e. The Labute approximate surface area is 110 Å². The Bertz CT molecular complexity index is 521. The van der Waals surface area contributed by atoms with Crippen LogP contribution in [-0.2, 0) is 9.53 Å². The quantitative estimate of drug-likeness (QED) is 0.373. The van der Waals surface area contributed by atoms with Gasteiger partial charge in [-0.3, -0.25) is 0 Å². The maximum Gasteiger partial charge on any atom is 0.343 e. The number of nitrogens with zero attached hydrogens (tertiary/aromatic N) is 1. The first-order valence-corrected chi connectivity index (χ1v) is 5.55. The van der Waals surface area contributed by atoms with E-state index in [2.05, 4.69) is 4.99 Å². The first kappa shape index (κ1) is 14.4. The molecule has 0 aliphatic carbocycles. The van der Waals surface area contributed by atoms with E-state index < -0.39 is 12.0 Å². The molecule has 0 radical (unpaired) electrons. The molecule has 0 spiro atoms. The van der Waals surface area contributed by atoms with Crippen LogP contribution in [0, 0.1) is 0 Å². The van der Waals surface area contributed by atoms with E-state index in [1.165, 1.54) is 0 Å². The predicted molar refractivity (Wildman–Crippen MR) is 70.7 cm³/mol. The number of hydrogen-bond donors (Lipinski definition) is 2. The second-order valence-electron chi connectivity index (χ2n) is 3.45. The van der Waals surface area contributed by atoms with Gasteiger partial charge in [-0.15, -0.1) is 0 Å². The number of esters is 1. The average molecular weight is 262 g/mol. The monoisotopic (exact) mass is 262 g/mol. The highest BCUT2D eigenvalue weighted by Crippen LogP contribution is 2.15. The van der Waals surface area contributed by atoms with Crippen molar-refractivity contribution in [2.45, 2.75) is 6.92 Å². The van der Waals surface area contributed by atoms with Crippen LogP contribution in [0.5, 0.6) is 0 Å². The van der Waals surface area contributed by atoms with Gasteiger partial charge < -0.3 is 15.6 Å². The molecule has 2 amide bonds. The summed E-state index contributed by atoms with van der Waals surface area (Å²) in [7, 11) is 0. The van der Waals surface area contributed by atoms with Crippen LogP contribution in [0.1, 0.15) is 12.5 Å². The number of rotatable bonds is 4. The van der Waals surface area contributed by atoms with Crippen molar-refractivity contribution >= 4 is 24.0 Å². The van der Waals surface area contributed by atoms with Gasteiger partial charge >= 0.3 is 12.0 Å². The third-order valence-corrected chi connectivity index (χ3v) is 2.12. The first-order valence-electron chi connectivity index (χ1n) is 5.55. The molecule has 3 N–H and O–H groups in total. The third kappa shape index (κ3) is 4.27. The lowest BCUT2D eigenvalue weighted by Crippen LogP contribution is -2.13. The van der Waals surface area contributed by atoms with Crippen LogP contribution in [0.3, 0.4) is 0 Å². The molecule has 0 aromatic heterocycles. The number of hydrogen-bond acceptors (Lipinski definition) is 4. The van der Waals surface area contributed by atoms with Crippen LogP contribution in [-0.4, -0.2) is 29.9 Å². The Hall–Kier alpha value is -2.63. The summed E-state index contributed by atoms with van der Waals surface area (Å²) in [5.41, 5.74) is 5.03. The van der Waals surface area contributed by atoms with Crippen LogP contribution < -0.4 is 5.73 Å². The van der Waals surface area contributed by atoms with E-state index in [0.29, 0.717) is 5.56 Å². The van der Waals surface area contributed by atoms with Crippen molar-refractivity contribution in [3.8, 4) is 0 Å². The van der Waals surface area contributed by atoms with Gasteiger partial charge in [0.05, 0.1) is 12.8 Å². The normalized spacial score (nSPS) is 12.1. The van der Waals surface area contributed by atoms with Crippen molar-refractivity contribution in [1.29, 1.82) is 0 Å². The maximum atomic E-state index is 11.7. The molecule has 1 aromatic carbocycles. The summed E-state index contributed by atoms with van der Waals surface area (Å²) in [6.07, 6.45) is 0.892. The van der Waals surface area contributed by atoms with Crippen molar-refractivity contribution in [3.05, 3.63) is 41.5 Å². The molecule has 0 aliphatic heterocycles. The summed E-state index contributed by atoms with van der Waals surface area (Å²) < 4.78 is 4.78. The van der Waals surface area contributed by atoms with Gasteiger partial charge in [0.15, 0.2) is 0 Å². The molecule has 0 saturated carbocycles. The van der Waals surface area contributed by atoms with E-state index >= 15 is 0 Å². The molecule has 0 atom stereocenters. The van der Waals surface area contributed by atoms with E-state index in [9.17, 15) is 14.7 Å². The van der Waals surface area contributed by atoms with E-state index in [1.54, 1.807) is 37.3 Å². The zero-order chi connectivity index (χ0) is 14.3. The van der Waals surface area contributed by atoms with Gasteiger partial charge in [0, 0.05) is 5.56 Å². The number of urea groups is 1. The Morgan fingerprint density at radius 3 is 2.53 bits per heavy atom. The molecule has 1 aromatic rings. The van der Waals surface area contributed by atoms with Gasteiger partial charge in [0.2, 0.25) is 0 Å². The summed E-state index contributed by atoms with van der Waals surface area (Å²) in [6, 6.07) is 7.39. The zero-order valence-electron chi connectivity index (χ0n) is 10.4. The Balaban J connectivity index is 3.21. The average Bonchev–Trinajstić information content (AvgIpc) is 2.39. The van der Waals surface area contributed by atoms with Gasteiger partial charge in [-0.05, 0) is 6.92 Å². The molecule has 0 bridgehead atoms. The highest BCUT2D eigenvalue weighted by molar-refractivity contribution is 6.16. The number of amides is 2. The molecule has 0 saturated heterocycles. The molecule has 0 unspecified atom stereocenters. The van der Waals surface area contributed by atoms with Crippen molar-refractivity contribution in [1.82, 2.24) is 0 Å². The summed E-state index contributed by atoms with van der Waals surface area (Å²) in [4.78, 5) is 25.6. The smallest absolute Gasteiger partial charge is 0.343 e. The second-order valence-corrected chi connectivity index (χ2v) is 3.45. The number of ether oxygens (including phenoxy) is 1. The van der Waals surface area contributed by atoms with Crippen LogP contribution in [0.15, 0.2) is 40.9 Å². The highest BCUT2D eigenvalue weighted by Gasteiger charge is 2.16. The molecule has 6 heteroatoms. The fourth-order valence-electron chi connectivity index (χ4n) is 1.30. The summed E-state index contributed by atoms with van der Waals surface area (Å²) >= 11 is 0. The van der Waals surface area contributed by atoms with Gasteiger partial charge in [-0.1, -0.05) is 30.3 Å². The van der Waals surface area contributed by atoms with Crippen LogP contribution in [0.2, 0.25) is 0 Å². The fraction of sp³-hybridized carbons (Fsp3) is 0.154. The number of aliphatic imine (C=N–C) groups is 1. The first-order chi connectivity index (χ1) is 9.06. The number of carbonyl (C=O) groups is 2. The van der Waals surface area contributed by atoms with E-state index in [0.717, 1.165) is 6.21 Å². The summed E-state index contributed by atoms with van der Waals surface area (Å²) in [5.74, 6) is -1.11. The van der Waals surface area contributed by atoms with Crippen LogP contribution in [0.4, 0.5) is 4.79 Å². The lowest BCUT2D eigenvalue weighted by molar-refractivity contribution is -0.137.